The minimum absolute atomic E-state index is 0.440. The summed E-state index contributed by atoms with van der Waals surface area (Å²) in [5.74, 6) is 6.33. The van der Waals surface area contributed by atoms with E-state index in [1.807, 2.05) is 0 Å². The highest BCUT2D eigenvalue weighted by Crippen LogP contribution is 2.11. The molecule has 0 amide bonds. The fourth-order valence-electron chi connectivity index (χ4n) is 3.76. The van der Waals surface area contributed by atoms with Gasteiger partial charge in [-0.3, -0.25) is 0 Å². The first-order chi connectivity index (χ1) is 16.8. The van der Waals surface area contributed by atoms with Crippen molar-refractivity contribution in [2.45, 2.75) is 104 Å². The molecule has 0 aliphatic carbocycles. The Bertz CT molecular complexity index is 844. The third kappa shape index (κ3) is 13.2. The van der Waals surface area contributed by atoms with Gasteiger partial charge in [-0.15, -0.1) is 0 Å². The Balaban J connectivity index is 1.65. The summed E-state index contributed by atoms with van der Waals surface area (Å²) in [5, 5.41) is 0. The van der Waals surface area contributed by atoms with Crippen molar-refractivity contribution < 1.29 is 4.74 Å². The van der Waals surface area contributed by atoms with Crippen LogP contribution in [-0.2, 0) is 0 Å². The van der Waals surface area contributed by atoms with Crippen LogP contribution in [-0.4, -0.2) is 16.6 Å². The fraction of sp³-hybridized carbons (Fsp3) is 0.548. The van der Waals surface area contributed by atoms with Gasteiger partial charge in [-0.1, -0.05) is 121 Å². The molecule has 0 saturated carbocycles. The van der Waals surface area contributed by atoms with E-state index in [4.69, 9.17) is 4.74 Å². The summed E-state index contributed by atoms with van der Waals surface area (Å²) in [6.07, 6.45) is 26.1. The van der Waals surface area contributed by atoms with E-state index >= 15 is 0 Å². The highest BCUT2D eigenvalue weighted by molar-refractivity contribution is 5.52. The number of unbranched alkanes of at least 4 members (excludes halogenated alkanes) is 12. The Morgan fingerprint density at radius 2 is 1.24 bits per heavy atom. The van der Waals surface area contributed by atoms with Gasteiger partial charge in [0.05, 0.1) is 12.2 Å². The molecule has 34 heavy (non-hydrogen) atoms. The molecule has 0 N–H and O–H groups in total. The summed E-state index contributed by atoms with van der Waals surface area (Å²) in [6.45, 7) is 5.19. The van der Waals surface area contributed by atoms with Crippen molar-refractivity contribution in [2.24, 2.45) is 0 Å². The monoisotopic (exact) mass is 460 g/mol. The molecule has 0 saturated heterocycles. The molecule has 0 spiro atoms. The summed E-state index contributed by atoms with van der Waals surface area (Å²) >= 11 is 0. The van der Waals surface area contributed by atoms with Gasteiger partial charge in [0.1, 0.15) is 0 Å². The van der Waals surface area contributed by atoms with Gasteiger partial charge in [0, 0.05) is 18.0 Å². The second kappa shape index (κ2) is 18.8. The van der Waals surface area contributed by atoms with Gasteiger partial charge in [0.15, 0.2) is 0 Å². The molecule has 0 radical (unpaired) electrons. The maximum atomic E-state index is 5.67. The third-order valence-corrected chi connectivity index (χ3v) is 5.90. The SMILES string of the molecule is CCCCCCCC=Cc1ccc(C#Cc2cnc(OCCCCCCCCCC)nc2)cc1. The van der Waals surface area contributed by atoms with Crippen LogP contribution in [0.4, 0.5) is 0 Å². The van der Waals surface area contributed by atoms with E-state index in [9.17, 15) is 0 Å². The molecule has 2 aromatic rings. The average molecular weight is 461 g/mol. The standard InChI is InChI=1S/C31H44N2O/c1-3-5-7-9-11-13-15-17-25-34-31-32-26-30(27-33-31)24-23-29-21-19-28(20-22-29)18-16-14-12-10-8-6-4-2/h16,18-22,26-27H,3-15,17,25H2,1-2H3. The number of rotatable bonds is 17. The zero-order valence-electron chi connectivity index (χ0n) is 21.5. The Morgan fingerprint density at radius 3 is 1.88 bits per heavy atom. The van der Waals surface area contributed by atoms with Gasteiger partial charge < -0.3 is 4.74 Å². The van der Waals surface area contributed by atoms with Crippen LogP contribution in [0.3, 0.4) is 0 Å². The second-order valence-corrected chi connectivity index (χ2v) is 9.05. The molecule has 3 heteroatoms. The number of nitrogens with zero attached hydrogens (tertiary/aromatic N) is 2. The van der Waals surface area contributed by atoms with E-state index in [1.54, 1.807) is 12.4 Å². The summed E-state index contributed by atoms with van der Waals surface area (Å²) in [6, 6.07) is 8.81. The average Bonchev–Trinajstić information content (AvgIpc) is 2.87. The van der Waals surface area contributed by atoms with E-state index in [-0.39, 0.29) is 0 Å². The second-order valence-electron chi connectivity index (χ2n) is 9.05. The molecule has 1 aromatic heterocycles. The van der Waals surface area contributed by atoms with Crippen LogP contribution in [0.2, 0.25) is 0 Å². The molecule has 1 heterocycles. The zero-order valence-corrected chi connectivity index (χ0v) is 21.5. The van der Waals surface area contributed by atoms with Gasteiger partial charge in [-0.05, 0) is 37.0 Å². The summed E-state index contributed by atoms with van der Waals surface area (Å²) < 4.78 is 5.67. The molecule has 0 unspecified atom stereocenters. The normalized spacial score (nSPS) is 10.9. The van der Waals surface area contributed by atoms with Gasteiger partial charge in [-0.2, -0.15) is 0 Å². The molecule has 0 aliphatic rings. The van der Waals surface area contributed by atoms with Crippen LogP contribution in [0.1, 0.15) is 120 Å². The first-order valence-corrected chi connectivity index (χ1v) is 13.5. The first kappa shape index (κ1) is 27.6. The van der Waals surface area contributed by atoms with Crippen LogP contribution in [0, 0.1) is 11.8 Å². The highest BCUT2D eigenvalue weighted by atomic mass is 16.5. The third-order valence-electron chi connectivity index (χ3n) is 5.90. The molecule has 0 aliphatic heterocycles. The molecular formula is C31H44N2O. The minimum Gasteiger partial charge on any atom is -0.463 e. The summed E-state index contributed by atoms with van der Waals surface area (Å²) in [4.78, 5) is 8.59. The molecule has 0 atom stereocenters. The Hall–Kier alpha value is -2.60. The molecule has 2 rings (SSSR count). The van der Waals surface area contributed by atoms with Crippen LogP contribution in [0.25, 0.3) is 6.08 Å². The van der Waals surface area contributed by atoms with Crippen molar-refractivity contribution in [3.05, 3.63) is 59.4 Å². The lowest BCUT2D eigenvalue weighted by Crippen LogP contribution is -2.01. The topological polar surface area (TPSA) is 35.0 Å². The number of aromatic nitrogens is 2. The van der Waals surface area contributed by atoms with E-state index in [1.165, 1.54) is 82.6 Å². The Kier molecular flexibility index (Phi) is 15.3. The molecule has 0 fully saturated rings. The van der Waals surface area contributed by atoms with E-state index < -0.39 is 0 Å². The Morgan fingerprint density at radius 1 is 0.676 bits per heavy atom. The van der Waals surface area contributed by atoms with E-state index in [0.717, 1.165) is 24.0 Å². The minimum atomic E-state index is 0.440. The van der Waals surface area contributed by atoms with Crippen molar-refractivity contribution in [1.29, 1.82) is 0 Å². The van der Waals surface area contributed by atoms with Gasteiger partial charge in [0.25, 0.3) is 0 Å². The molecule has 184 valence electrons. The van der Waals surface area contributed by atoms with Crippen molar-refractivity contribution in [3.63, 3.8) is 0 Å². The van der Waals surface area contributed by atoms with Gasteiger partial charge in [0.2, 0.25) is 0 Å². The predicted molar refractivity (Wildman–Crippen MR) is 145 cm³/mol. The lowest BCUT2D eigenvalue weighted by Gasteiger charge is -2.04. The lowest BCUT2D eigenvalue weighted by atomic mass is 10.1. The van der Waals surface area contributed by atoms with Crippen molar-refractivity contribution in [2.75, 3.05) is 6.61 Å². The number of hydrogen-bond acceptors (Lipinski definition) is 3. The summed E-state index contributed by atoms with van der Waals surface area (Å²) in [5.41, 5.74) is 3.01. The molecule has 1 aromatic carbocycles. The van der Waals surface area contributed by atoms with Crippen molar-refractivity contribution in [3.8, 4) is 17.9 Å². The quantitative estimate of drug-likeness (QED) is 0.175. The number of benzene rings is 1. The smallest absolute Gasteiger partial charge is 0.316 e. The largest absolute Gasteiger partial charge is 0.463 e. The van der Waals surface area contributed by atoms with E-state index in [0.29, 0.717) is 12.6 Å². The number of allylic oxidation sites excluding steroid dienone is 1. The van der Waals surface area contributed by atoms with Gasteiger partial charge in [-0.25, -0.2) is 9.97 Å². The maximum absolute atomic E-state index is 5.67. The maximum Gasteiger partial charge on any atom is 0.316 e. The molecule has 0 bridgehead atoms. The molecule has 3 nitrogen and oxygen atoms in total. The van der Waals surface area contributed by atoms with Crippen molar-refractivity contribution >= 4 is 6.08 Å². The van der Waals surface area contributed by atoms with Gasteiger partial charge >= 0.3 is 6.01 Å². The van der Waals surface area contributed by atoms with Crippen LogP contribution in [0.5, 0.6) is 6.01 Å². The number of ether oxygens (including phenoxy) is 1. The Labute approximate surface area is 208 Å². The lowest BCUT2D eigenvalue weighted by molar-refractivity contribution is 0.281. The summed E-state index contributed by atoms with van der Waals surface area (Å²) in [7, 11) is 0. The predicted octanol–water partition coefficient (Wildman–Crippen LogP) is 8.77. The van der Waals surface area contributed by atoms with Crippen LogP contribution >= 0.6 is 0 Å². The zero-order chi connectivity index (χ0) is 24.1. The number of hydrogen-bond donors (Lipinski definition) is 0. The van der Waals surface area contributed by atoms with Crippen LogP contribution < -0.4 is 4.74 Å². The highest BCUT2D eigenvalue weighted by Gasteiger charge is 1.98. The van der Waals surface area contributed by atoms with E-state index in [2.05, 4.69) is 72.1 Å². The first-order valence-electron chi connectivity index (χ1n) is 13.5. The van der Waals surface area contributed by atoms with Crippen LogP contribution in [0.15, 0.2) is 42.7 Å². The van der Waals surface area contributed by atoms with Crippen molar-refractivity contribution in [1.82, 2.24) is 9.97 Å². The molecular weight excluding hydrogens is 416 g/mol. The fourth-order valence-corrected chi connectivity index (χ4v) is 3.76.